The Kier molecular flexibility index (Phi) is 4.81. The van der Waals surface area contributed by atoms with E-state index in [-0.39, 0.29) is 16.1 Å². The van der Waals surface area contributed by atoms with Crippen LogP contribution in [-0.4, -0.2) is 43.4 Å². The van der Waals surface area contributed by atoms with Crippen LogP contribution in [0.15, 0.2) is 36.4 Å². The van der Waals surface area contributed by atoms with Crippen LogP contribution in [0, 0.1) is 0 Å². The van der Waals surface area contributed by atoms with Crippen molar-refractivity contribution in [1.82, 2.24) is 4.90 Å². The fourth-order valence-corrected chi connectivity index (χ4v) is 2.94. The van der Waals surface area contributed by atoms with Gasteiger partial charge in [-0.3, -0.25) is 19.3 Å². The number of methoxy groups -OCH3 is 2. The fraction of sp³-hybridized carbons (Fsp3) is 0.167. The van der Waals surface area contributed by atoms with Crippen molar-refractivity contribution in [2.45, 2.75) is 0 Å². The Labute approximate surface area is 154 Å². The van der Waals surface area contributed by atoms with Gasteiger partial charge >= 0.3 is 0 Å². The molecular weight excluding hydrogens is 360 g/mol. The maximum Gasteiger partial charge on any atom is 0.263 e. The van der Waals surface area contributed by atoms with E-state index < -0.39 is 24.3 Å². The minimum Gasteiger partial charge on any atom is -0.497 e. The van der Waals surface area contributed by atoms with Crippen LogP contribution in [0.25, 0.3) is 0 Å². The predicted octanol–water partition coefficient (Wildman–Crippen LogP) is 2.59. The Balaban J connectivity index is 1.79. The number of imide groups is 1. The van der Waals surface area contributed by atoms with E-state index in [1.54, 1.807) is 24.3 Å². The molecule has 3 rings (SSSR count). The van der Waals surface area contributed by atoms with Crippen molar-refractivity contribution in [3.05, 3.63) is 52.5 Å². The first-order valence-corrected chi connectivity index (χ1v) is 8.00. The van der Waals surface area contributed by atoms with Gasteiger partial charge in [-0.1, -0.05) is 17.7 Å². The molecule has 0 saturated heterocycles. The first-order valence-electron chi connectivity index (χ1n) is 7.63. The summed E-state index contributed by atoms with van der Waals surface area (Å²) >= 11 is 6.00. The number of nitrogens with one attached hydrogen (secondary N) is 1. The highest BCUT2D eigenvalue weighted by Gasteiger charge is 2.38. The van der Waals surface area contributed by atoms with Crippen molar-refractivity contribution in [3.63, 3.8) is 0 Å². The van der Waals surface area contributed by atoms with Gasteiger partial charge in [-0.2, -0.15) is 0 Å². The number of benzene rings is 2. The smallest absolute Gasteiger partial charge is 0.263 e. The molecule has 0 atom stereocenters. The summed E-state index contributed by atoms with van der Waals surface area (Å²) in [4.78, 5) is 38.1. The number of halogens is 1. The number of carbonyl (C=O) groups excluding carboxylic acids is 3. The van der Waals surface area contributed by atoms with E-state index >= 15 is 0 Å². The highest BCUT2D eigenvalue weighted by Crippen LogP contribution is 2.30. The topological polar surface area (TPSA) is 84.9 Å². The molecule has 7 nitrogen and oxygen atoms in total. The minimum absolute atomic E-state index is 0.117. The van der Waals surface area contributed by atoms with Crippen molar-refractivity contribution in [3.8, 4) is 11.5 Å². The molecule has 134 valence electrons. The van der Waals surface area contributed by atoms with E-state index in [4.69, 9.17) is 21.1 Å². The summed E-state index contributed by atoms with van der Waals surface area (Å²) in [5, 5.41) is 2.80. The summed E-state index contributed by atoms with van der Waals surface area (Å²) in [6, 6.07) is 9.50. The molecule has 8 heteroatoms. The first kappa shape index (κ1) is 17.8. The molecule has 1 aliphatic heterocycles. The normalized spacial score (nSPS) is 12.8. The summed E-state index contributed by atoms with van der Waals surface area (Å²) in [6.45, 7) is -0.441. The molecule has 0 aromatic heterocycles. The standard InChI is InChI=1S/C18H15ClN2O5/c1-25-10-6-7-14(26-2)13(8-10)20-15(22)9-21-17(23)11-4-3-5-12(19)16(11)18(21)24/h3-8H,9H2,1-2H3,(H,20,22). The molecule has 0 aliphatic carbocycles. The van der Waals surface area contributed by atoms with Crippen LogP contribution in [0.5, 0.6) is 11.5 Å². The molecule has 2 aromatic rings. The monoisotopic (exact) mass is 374 g/mol. The number of amides is 3. The molecule has 3 amide bonds. The highest BCUT2D eigenvalue weighted by atomic mass is 35.5. The van der Waals surface area contributed by atoms with Gasteiger partial charge in [-0.15, -0.1) is 0 Å². The van der Waals surface area contributed by atoms with Crippen molar-refractivity contribution < 1.29 is 23.9 Å². The zero-order valence-electron chi connectivity index (χ0n) is 14.0. The zero-order chi connectivity index (χ0) is 18.8. The lowest BCUT2D eigenvalue weighted by atomic mass is 10.1. The van der Waals surface area contributed by atoms with E-state index in [1.165, 1.54) is 26.4 Å². The maximum absolute atomic E-state index is 12.4. The Morgan fingerprint density at radius 1 is 1.12 bits per heavy atom. The molecule has 1 heterocycles. The average molecular weight is 375 g/mol. The van der Waals surface area contributed by atoms with Gasteiger partial charge in [0.25, 0.3) is 11.8 Å². The number of carbonyl (C=O) groups is 3. The third kappa shape index (κ3) is 3.09. The van der Waals surface area contributed by atoms with E-state index in [0.29, 0.717) is 17.2 Å². The van der Waals surface area contributed by atoms with Crippen molar-refractivity contribution >= 4 is 35.0 Å². The van der Waals surface area contributed by atoms with Gasteiger partial charge in [0.1, 0.15) is 18.0 Å². The lowest BCUT2D eigenvalue weighted by Gasteiger charge is -2.15. The predicted molar refractivity (Wildman–Crippen MR) is 95.0 cm³/mol. The molecule has 2 aromatic carbocycles. The molecule has 0 spiro atoms. The van der Waals surface area contributed by atoms with E-state index in [2.05, 4.69) is 5.32 Å². The number of anilines is 1. The van der Waals surface area contributed by atoms with Crippen LogP contribution in [0.2, 0.25) is 5.02 Å². The molecule has 26 heavy (non-hydrogen) atoms. The largest absolute Gasteiger partial charge is 0.497 e. The van der Waals surface area contributed by atoms with Crippen LogP contribution in [-0.2, 0) is 4.79 Å². The number of fused-ring (bicyclic) bond motifs is 1. The quantitative estimate of drug-likeness (QED) is 0.813. The summed E-state index contributed by atoms with van der Waals surface area (Å²) in [7, 11) is 2.96. The van der Waals surface area contributed by atoms with Crippen molar-refractivity contribution in [2.24, 2.45) is 0 Å². The van der Waals surface area contributed by atoms with Crippen molar-refractivity contribution in [2.75, 3.05) is 26.1 Å². The summed E-state index contributed by atoms with van der Waals surface area (Å²) < 4.78 is 10.3. The summed E-state index contributed by atoms with van der Waals surface area (Å²) in [5.41, 5.74) is 0.673. The first-order chi connectivity index (χ1) is 12.5. The van der Waals surface area contributed by atoms with Crippen LogP contribution in [0.1, 0.15) is 20.7 Å². The number of ether oxygens (including phenoxy) is 2. The van der Waals surface area contributed by atoms with Crippen molar-refractivity contribution in [1.29, 1.82) is 0 Å². The number of nitrogens with zero attached hydrogens (tertiary/aromatic N) is 1. The van der Waals surface area contributed by atoms with Gasteiger partial charge in [-0.05, 0) is 24.3 Å². The fourth-order valence-electron chi connectivity index (χ4n) is 2.68. The highest BCUT2D eigenvalue weighted by molar-refractivity contribution is 6.37. The van der Waals surface area contributed by atoms with E-state index in [1.807, 2.05) is 0 Å². The Bertz CT molecular complexity index is 912. The second-order valence-electron chi connectivity index (χ2n) is 5.47. The van der Waals surface area contributed by atoms with Gasteiger partial charge in [0.05, 0.1) is 36.1 Å². The molecule has 0 bridgehead atoms. The van der Waals surface area contributed by atoms with Crippen LogP contribution in [0.4, 0.5) is 5.69 Å². The lowest BCUT2D eigenvalue weighted by molar-refractivity contribution is -0.116. The molecule has 0 radical (unpaired) electrons. The lowest BCUT2D eigenvalue weighted by Crippen LogP contribution is -2.37. The van der Waals surface area contributed by atoms with Gasteiger partial charge in [-0.25, -0.2) is 0 Å². The summed E-state index contributed by atoms with van der Waals surface area (Å²) in [5.74, 6) is -0.760. The Hall–Kier alpha value is -3.06. The number of hydrogen-bond donors (Lipinski definition) is 1. The molecule has 0 saturated carbocycles. The zero-order valence-corrected chi connectivity index (χ0v) is 14.8. The third-order valence-electron chi connectivity index (χ3n) is 3.93. The van der Waals surface area contributed by atoms with Crippen LogP contribution in [0.3, 0.4) is 0 Å². The average Bonchev–Trinajstić information content (AvgIpc) is 2.87. The molecule has 1 aliphatic rings. The Morgan fingerprint density at radius 2 is 1.88 bits per heavy atom. The van der Waals surface area contributed by atoms with Gasteiger partial charge in [0.2, 0.25) is 5.91 Å². The maximum atomic E-state index is 12.4. The van der Waals surface area contributed by atoms with Gasteiger partial charge < -0.3 is 14.8 Å². The van der Waals surface area contributed by atoms with E-state index in [9.17, 15) is 14.4 Å². The van der Waals surface area contributed by atoms with Crippen LogP contribution < -0.4 is 14.8 Å². The van der Waals surface area contributed by atoms with Gasteiger partial charge in [0.15, 0.2) is 0 Å². The molecule has 1 N–H and O–H groups in total. The van der Waals surface area contributed by atoms with E-state index in [0.717, 1.165) is 4.90 Å². The SMILES string of the molecule is COc1ccc(OC)c(NC(=O)CN2C(=O)c3cccc(Cl)c3C2=O)c1. The molecule has 0 fully saturated rings. The second kappa shape index (κ2) is 7.05. The molecular formula is C18H15ClN2O5. The molecule has 0 unspecified atom stereocenters. The van der Waals surface area contributed by atoms with Gasteiger partial charge in [0, 0.05) is 6.07 Å². The third-order valence-corrected chi connectivity index (χ3v) is 4.25. The van der Waals surface area contributed by atoms with Crippen LogP contribution >= 0.6 is 11.6 Å². The number of hydrogen-bond acceptors (Lipinski definition) is 5. The second-order valence-corrected chi connectivity index (χ2v) is 5.88. The Morgan fingerprint density at radius 3 is 2.54 bits per heavy atom. The minimum atomic E-state index is -0.594. The number of rotatable bonds is 5. The summed E-state index contributed by atoms with van der Waals surface area (Å²) in [6.07, 6.45) is 0.